The quantitative estimate of drug-likeness (QED) is 0.828. The lowest BCUT2D eigenvalue weighted by Gasteiger charge is -2.31. The van der Waals surface area contributed by atoms with Gasteiger partial charge in [-0.15, -0.1) is 0 Å². The second-order valence-electron chi connectivity index (χ2n) is 6.05. The molecule has 4 nitrogen and oxygen atoms in total. The van der Waals surface area contributed by atoms with E-state index < -0.39 is 0 Å². The van der Waals surface area contributed by atoms with Gasteiger partial charge in [0.05, 0.1) is 0 Å². The topological polar surface area (TPSA) is 35.6 Å². The number of hydrogen-bond acceptors (Lipinski definition) is 2. The van der Waals surface area contributed by atoms with E-state index in [9.17, 15) is 4.79 Å². The summed E-state index contributed by atoms with van der Waals surface area (Å²) in [5.41, 5.74) is 0. The molecule has 0 aromatic heterocycles. The highest BCUT2D eigenvalue weighted by Gasteiger charge is 2.35. The summed E-state index contributed by atoms with van der Waals surface area (Å²) >= 11 is 0. The molecule has 0 radical (unpaired) electrons. The Bertz CT molecular complexity index is 295. The summed E-state index contributed by atoms with van der Waals surface area (Å²) in [6, 6.07) is 0.807. The molecule has 3 rings (SSSR count). The lowest BCUT2D eigenvalue weighted by molar-refractivity contribution is 0.162. The Morgan fingerprint density at radius 1 is 1.06 bits per heavy atom. The third-order valence-electron chi connectivity index (χ3n) is 4.83. The monoisotopic (exact) mass is 251 g/mol. The van der Waals surface area contributed by atoms with E-state index in [1.807, 2.05) is 0 Å². The number of piperidine rings is 1. The van der Waals surface area contributed by atoms with Crippen molar-refractivity contribution >= 4 is 6.03 Å². The lowest BCUT2D eigenvalue weighted by Crippen LogP contribution is -2.45. The van der Waals surface area contributed by atoms with E-state index in [0.29, 0.717) is 12.1 Å². The van der Waals surface area contributed by atoms with Crippen molar-refractivity contribution in [2.75, 3.05) is 32.7 Å². The third-order valence-corrected chi connectivity index (χ3v) is 4.83. The first-order valence-corrected chi connectivity index (χ1v) is 7.61. The van der Waals surface area contributed by atoms with Gasteiger partial charge in [-0.1, -0.05) is 12.8 Å². The molecule has 102 valence electrons. The van der Waals surface area contributed by atoms with Crippen LogP contribution in [-0.2, 0) is 0 Å². The van der Waals surface area contributed by atoms with Crippen LogP contribution in [0.2, 0.25) is 0 Å². The molecule has 2 heterocycles. The largest absolute Gasteiger partial charge is 0.323 e. The molecule has 1 N–H and O–H groups in total. The third kappa shape index (κ3) is 2.48. The fourth-order valence-corrected chi connectivity index (χ4v) is 3.73. The number of hydrogen-bond donors (Lipinski definition) is 1. The highest BCUT2D eigenvalue weighted by atomic mass is 16.2. The summed E-state index contributed by atoms with van der Waals surface area (Å²) in [4.78, 5) is 16.7. The van der Waals surface area contributed by atoms with Crippen molar-refractivity contribution in [1.82, 2.24) is 15.1 Å². The second-order valence-corrected chi connectivity index (χ2v) is 6.05. The smallest absolute Gasteiger partial charge is 0.320 e. The number of carbonyl (C=O) groups is 1. The molecule has 18 heavy (non-hydrogen) atoms. The second kappa shape index (κ2) is 5.47. The normalized spacial score (nSPS) is 27.4. The van der Waals surface area contributed by atoms with Gasteiger partial charge in [0.15, 0.2) is 0 Å². The molecule has 2 aliphatic heterocycles. The summed E-state index contributed by atoms with van der Waals surface area (Å²) in [5.74, 6) is 0.780. The van der Waals surface area contributed by atoms with Crippen LogP contribution >= 0.6 is 0 Å². The summed E-state index contributed by atoms with van der Waals surface area (Å²) in [7, 11) is 0. The first-order chi connectivity index (χ1) is 8.84. The fourth-order valence-electron chi connectivity index (χ4n) is 3.73. The van der Waals surface area contributed by atoms with Gasteiger partial charge >= 0.3 is 6.03 Å². The highest BCUT2D eigenvalue weighted by Crippen LogP contribution is 2.27. The number of urea groups is 1. The van der Waals surface area contributed by atoms with Crippen molar-refractivity contribution in [3.05, 3.63) is 0 Å². The van der Waals surface area contributed by atoms with E-state index >= 15 is 0 Å². The summed E-state index contributed by atoms with van der Waals surface area (Å²) in [6.45, 7) is 5.06. The molecule has 2 saturated heterocycles. The van der Waals surface area contributed by atoms with Crippen LogP contribution in [0.3, 0.4) is 0 Å². The number of rotatable bonds is 3. The first kappa shape index (κ1) is 12.3. The van der Waals surface area contributed by atoms with E-state index in [-0.39, 0.29) is 0 Å². The lowest BCUT2D eigenvalue weighted by atomic mass is 10.1. The summed E-state index contributed by atoms with van der Waals surface area (Å²) < 4.78 is 0. The molecule has 0 aromatic carbocycles. The van der Waals surface area contributed by atoms with Gasteiger partial charge in [0.25, 0.3) is 0 Å². The number of nitrogens with zero attached hydrogens (tertiary/aromatic N) is 2. The Labute approximate surface area is 110 Å². The zero-order valence-electron chi connectivity index (χ0n) is 11.2. The van der Waals surface area contributed by atoms with Gasteiger partial charge in [-0.25, -0.2) is 4.79 Å². The SMILES string of the molecule is O=C1N(CC2CCCC2)CCN1C1CCNCC1. The Kier molecular flexibility index (Phi) is 3.73. The van der Waals surface area contributed by atoms with Crippen LogP contribution in [0.5, 0.6) is 0 Å². The molecular weight excluding hydrogens is 226 g/mol. The van der Waals surface area contributed by atoms with Crippen LogP contribution in [0.1, 0.15) is 38.5 Å². The van der Waals surface area contributed by atoms with Crippen LogP contribution in [0, 0.1) is 5.92 Å². The molecule has 1 aliphatic carbocycles. The minimum Gasteiger partial charge on any atom is -0.323 e. The van der Waals surface area contributed by atoms with E-state index in [0.717, 1.165) is 51.5 Å². The molecule has 0 bridgehead atoms. The van der Waals surface area contributed by atoms with E-state index in [2.05, 4.69) is 15.1 Å². The van der Waals surface area contributed by atoms with Gasteiger partial charge in [0.1, 0.15) is 0 Å². The molecular formula is C14H25N3O. The molecule has 3 aliphatic rings. The fraction of sp³-hybridized carbons (Fsp3) is 0.929. The first-order valence-electron chi connectivity index (χ1n) is 7.61. The van der Waals surface area contributed by atoms with Crippen molar-refractivity contribution < 1.29 is 4.79 Å². The Morgan fingerprint density at radius 2 is 1.78 bits per heavy atom. The van der Waals surface area contributed by atoms with Gasteiger partial charge in [-0.3, -0.25) is 0 Å². The maximum atomic E-state index is 12.4. The molecule has 0 unspecified atom stereocenters. The molecule has 0 atom stereocenters. The average Bonchev–Trinajstić information content (AvgIpc) is 3.03. The summed E-state index contributed by atoms with van der Waals surface area (Å²) in [6.07, 6.45) is 7.65. The number of carbonyl (C=O) groups excluding carboxylic acids is 1. The number of amides is 2. The van der Waals surface area contributed by atoms with Crippen molar-refractivity contribution in [2.45, 2.75) is 44.6 Å². The molecule has 0 aromatic rings. The minimum atomic E-state index is 0.314. The Hall–Kier alpha value is -0.770. The average molecular weight is 251 g/mol. The van der Waals surface area contributed by atoms with Crippen molar-refractivity contribution in [1.29, 1.82) is 0 Å². The van der Waals surface area contributed by atoms with E-state index in [4.69, 9.17) is 0 Å². The summed E-state index contributed by atoms with van der Waals surface area (Å²) in [5, 5.41) is 3.37. The number of nitrogens with one attached hydrogen (secondary N) is 1. The van der Waals surface area contributed by atoms with Gasteiger partial charge in [-0.05, 0) is 44.7 Å². The van der Waals surface area contributed by atoms with Gasteiger partial charge in [0.2, 0.25) is 0 Å². The predicted octanol–water partition coefficient (Wildman–Crippen LogP) is 1.67. The molecule has 3 fully saturated rings. The van der Waals surface area contributed by atoms with Crippen molar-refractivity contribution in [3.63, 3.8) is 0 Å². The van der Waals surface area contributed by atoms with Crippen molar-refractivity contribution in [2.24, 2.45) is 5.92 Å². The van der Waals surface area contributed by atoms with Crippen molar-refractivity contribution in [3.8, 4) is 0 Å². The highest BCUT2D eigenvalue weighted by molar-refractivity contribution is 5.76. The van der Waals surface area contributed by atoms with E-state index in [1.54, 1.807) is 0 Å². The Morgan fingerprint density at radius 3 is 2.50 bits per heavy atom. The van der Waals surface area contributed by atoms with Crippen LogP contribution in [-0.4, -0.2) is 54.6 Å². The van der Waals surface area contributed by atoms with Gasteiger partial charge in [0, 0.05) is 25.7 Å². The van der Waals surface area contributed by atoms with Gasteiger partial charge < -0.3 is 15.1 Å². The zero-order chi connectivity index (χ0) is 12.4. The Balaban J connectivity index is 1.54. The molecule has 0 spiro atoms. The van der Waals surface area contributed by atoms with Gasteiger partial charge in [-0.2, -0.15) is 0 Å². The maximum absolute atomic E-state index is 12.4. The zero-order valence-corrected chi connectivity index (χ0v) is 11.2. The van der Waals surface area contributed by atoms with Crippen LogP contribution in [0.25, 0.3) is 0 Å². The van der Waals surface area contributed by atoms with Crippen LogP contribution in [0.15, 0.2) is 0 Å². The van der Waals surface area contributed by atoms with Crippen LogP contribution in [0.4, 0.5) is 4.79 Å². The predicted molar refractivity (Wildman–Crippen MR) is 71.5 cm³/mol. The molecule has 4 heteroatoms. The molecule has 1 saturated carbocycles. The van der Waals surface area contributed by atoms with E-state index in [1.165, 1.54) is 25.7 Å². The molecule has 2 amide bonds. The minimum absolute atomic E-state index is 0.314. The van der Waals surface area contributed by atoms with Crippen LogP contribution < -0.4 is 5.32 Å². The maximum Gasteiger partial charge on any atom is 0.320 e. The standard InChI is InChI=1S/C14H25N3O/c18-14-16(11-12-3-1-2-4-12)9-10-17(14)13-5-7-15-8-6-13/h12-13,15H,1-11H2.